The van der Waals surface area contributed by atoms with E-state index in [1.807, 2.05) is 0 Å². The highest BCUT2D eigenvalue weighted by atomic mass is 32.1. The molecule has 1 aliphatic heterocycles. The van der Waals surface area contributed by atoms with Crippen molar-refractivity contribution >= 4 is 35.3 Å². The van der Waals surface area contributed by atoms with E-state index in [0.29, 0.717) is 31.9 Å². The van der Waals surface area contributed by atoms with E-state index in [0.717, 1.165) is 11.3 Å². The molecule has 0 spiro atoms. The number of nitrogens with zero attached hydrogens (tertiary/aromatic N) is 2. The molecule has 3 aromatic rings. The Morgan fingerprint density at radius 2 is 1.72 bits per heavy atom. The number of thiazole rings is 1. The number of carbonyl (C=O) groups is 3. The molecule has 0 radical (unpaired) electrons. The largest absolute Gasteiger partial charge is 0.493 e. The van der Waals surface area contributed by atoms with E-state index in [2.05, 4.69) is 4.99 Å². The molecule has 2 aromatic carbocycles. The number of fused-ring (bicyclic) bond motifs is 1. The minimum Gasteiger partial charge on any atom is -0.493 e. The van der Waals surface area contributed by atoms with E-state index in [-0.39, 0.29) is 23.7 Å². The van der Waals surface area contributed by atoms with Crippen LogP contribution in [0.3, 0.4) is 0 Å². The van der Waals surface area contributed by atoms with Crippen LogP contribution in [0.1, 0.15) is 44.9 Å². The van der Waals surface area contributed by atoms with Gasteiger partial charge < -0.3 is 18.9 Å². The normalized spacial score (nSPS) is 14.8. The summed E-state index contributed by atoms with van der Waals surface area (Å²) >= 11 is 1.14. The highest BCUT2D eigenvalue weighted by Gasteiger charge is 2.34. The van der Waals surface area contributed by atoms with Gasteiger partial charge in [0.05, 0.1) is 35.6 Å². The second-order valence-corrected chi connectivity index (χ2v) is 9.45. The lowest BCUT2D eigenvalue weighted by atomic mass is 9.95. The Bertz CT molecular complexity index is 1680. The van der Waals surface area contributed by atoms with Crippen LogP contribution < -0.4 is 29.1 Å². The fraction of sp³-hybridized carbons (Fsp3) is 0.250. The third-order valence-corrected chi connectivity index (χ3v) is 6.72. The summed E-state index contributed by atoms with van der Waals surface area (Å²) in [5.41, 5.74) is 1.24. The third-order valence-electron chi connectivity index (χ3n) is 5.73. The summed E-state index contributed by atoms with van der Waals surface area (Å²) in [6.45, 7) is 6.07. The molecule has 2 heterocycles. The molecule has 202 valence electrons. The van der Waals surface area contributed by atoms with Gasteiger partial charge in [-0.25, -0.2) is 9.79 Å². The standard InChI is InChI=1S/C28H26N2O8S/c1-6-36-27(34)24-15(2)29-28-30(25(24)19-11-12-21(38-17(4)32)22(13-19)35-5)26(33)23(39-28)14-18-9-7-8-10-20(18)37-16(3)31/h7-14,25H,6H2,1-5H3/b23-14+/t25-/m0/s1. The first-order valence-electron chi connectivity index (χ1n) is 12.0. The number of ether oxygens (including phenoxy) is 4. The summed E-state index contributed by atoms with van der Waals surface area (Å²) in [5.74, 6) is -0.869. The van der Waals surface area contributed by atoms with Crippen molar-refractivity contribution in [2.75, 3.05) is 13.7 Å². The van der Waals surface area contributed by atoms with Gasteiger partial charge in [0.1, 0.15) is 5.75 Å². The Balaban J connectivity index is 1.95. The molecule has 1 atom stereocenters. The molecule has 0 saturated carbocycles. The van der Waals surface area contributed by atoms with Gasteiger partial charge in [-0.05, 0) is 43.7 Å². The first-order valence-corrected chi connectivity index (χ1v) is 12.8. The van der Waals surface area contributed by atoms with E-state index in [4.69, 9.17) is 18.9 Å². The Kier molecular flexibility index (Phi) is 8.10. The van der Waals surface area contributed by atoms with Crippen molar-refractivity contribution < 1.29 is 33.3 Å². The number of esters is 3. The van der Waals surface area contributed by atoms with Crippen molar-refractivity contribution in [3.8, 4) is 17.2 Å². The average Bonchev–Trinajstić information content (AvgIpc) is 3.18. The lowest BCUT2D eigenvalue weighted by Gasteiger charge is -2.25. The number of hydrogen-bond donors (Lipinski definition) is 0. The minimum atomic E-state index is -0.897. The van der Waals surface area contributed by atoms with E-state index in [9.17, 15) is 19.2 Å². The van der Waals surface area contributed by atoms with E-state index in [1.165, 1.54) is 25.5 Å². The maximum atomic E-state index is 13.8. The summed E-state index contributed by atoms with van der Waals surface area (Å²) in [6, 6.07) is 10.7. The van der Waals surface area contributed by atoms with Gasteiger partial charge in [0.25, 0.3) is 5.56 Å². The van der Waals surface area contributed by atoms with E-state index in [1.54, 1.807) is 62.4 Å². The molecule has 0 unspecified atom stereocenters. The maximum Gasteiger partial charge on any atom is 0.338 e. The number of allylic oxidation sites excluding steroid dienone is 1. The van der Waals surface area contributed by atoms with Gasteiger partial charge in [-0.1, -0.05) is 35.6 Å². The number of hydrogen-bond acceptors (Lipinski definition) is 10. The van der Waals surface area contributed by atoms with Crippen molar-refractivity contribution in [2.45, 2.75) is 33.7 Å². The van der Waals surface area contributed by atoms with Crippen molar-refractivity contribution in [1.82, 2.24) is 4.57 Å². The summed E-state index contributed by atoms with van der Waals surface area (Å²) in [7, 11) is 1.42. The van der Waals surface area contributed by atoms with Crippen LogP contribution in [0.2, 0.25) is 0 Å². The van der Waals surface area contributed by atoms with Crippen LogP contribution in [0, 0.1) is 0 Å². The lowest BCUT2D eigenvalue weighted by Crippen LogP contribution is -2.40. The molecule has 10 nitrogen and oxygen atoms in total. The number of para-hydroxylation sites is 1. The highest BCUT2D eigenvalue weighted by Crippen LogP contribution is 2.36. The van der Waals surface area contributed by atoms with Crippen LogP contribution in [0.4, 0.5) is 0 Å². The van der Waals surface area contributed by atoms with Gasteiger partial charge in [0.15, 0.2) is 16.3 Å². The van der Waals surface area contributed by atoms with Crippen LogP contribution in [0.5, 0.6) is 17.2 Å². The molecule has 0 bridgehead atoms. The number of methoxy groups -OCH3 is 1. The lowest BCUT2D eigenvalue weighted by molar-refractivity contribution is -0.139. The van der Waals surface area contributed by atoms with Gasteiger partial charge in [-0.2, -0.15) is 0 Å². The number of benzene rings is 2. The van der Waals surface area contributed by atoms with Gasteiger partial charge in [-0.3, -0.25) is 19.0 Å². The zero-order chi connectivity index (χ0) is 28.3. The summed E-state index contributed by atoms with van der Waals surface area (Å²) in [5, 5.41) is 0. The molecule has 0 aliphatic carbocycles. The molecule has 1 aliphatic rings. The van der Waals surface area contributed by atoms with E-state index < -0.39 is 29.5 Å². The zero-order valence-electron chi connectivity index (χ0n) is 22.0. The van der Waals surface area contributed by atoms with Crippen LogP contribution >= 0.6 is 11.3 Å². The molecule has 0 N–H and O–H groups in total. The quantitative estimate of drug-likeness (QED) is 0.325. The molecule has 0 amide bonds. The molecule has 0 saturated heterocycles. The number of carbonyl (C=O) groups excluding carboxylic acids is 3. The molecule has 4 rings (SSSR count). The SMILES string of the molecule is CCOC(=O)C1=C(C)N=c2s/c(=C/c3ccccc3OC(C)=O)c(=O)n2[C@H]1c1ccc(OC(C)=O)c(OC)c1. The fourth-order valence-corrected chi connectivity index (χ4v) is 5.23. The van der Waals surface area contributed by atoms with Crippen LogP contribution in [-0.2, 0) is 19.1 Å². The maximum absolute atomic E-state index is 13.8. The molecule has 11 heteroatoms. The molecule has 0 fully saturated rings. The monoisotopic (exact) mass is 550 g/mol. The molecule has 1 aromatic heterocycles. The molecular weight excluding hydrogens is 524 g/mol. The minimum absolute atomic E-state index is 0.133. The van der Waals surface area contributed by atoms with Crippen LogP contribution in [-0.4, -0.2) is 36.2 Å². The topological polar surface area (TPSA) is 122 Å². The van der Waals surface area contributed by atoms with Crippen molar-refractivity contribution in [3.05, 3.63) is 84.5 Å². The zero-order valence-corrected chi connectivity index (χ0v) is 22.8. The van der Waals surface area contributed by atoms with Gasteiger partial charge in [0, 0.05) is 19.4 Å². The fourth-order valence-electron chi connectivity index (χ4n) is 4.19. The predicted molar refractivity (Wildman–Crippen MR) is 142 cm³/mol. The summed E-state index contributed by atoms with van der Waals surface area (Å²) < 4.78 is 23.0. The van der Waals surface area contributed by atoms with Gasteiger partial charge in [-0.15, -0.1) is 0 Å². The Morgan fingerprint density at radius 3 is 2.38 bits per heavy atom. The summed E-state index contributed by atoms with van der Waals surface area (Å²) in [6.07, 6.45) is 1.62. The second kappa shape index (κ2) is 11.5. The van der Waals surface area contributed by atoms with Gasteiger partial charge >= 0.3 is 17.9 Å². The van der Waals surface area contributed by atoms with Crippen LogP contribution in [0.15, 0.2) is 63.5 Å². The molecule has 39 heavy (non-hydrogen) atoms. The average molecular weight is 551 g/mol. The number of rotatable bonds is 7. The Labute approximate surface area is 227 Å². The van der Waals surface area contributed by atoms with Gasteiger partial charge in [0.2, 0.25) is 0 Å². The number of aromatic nitrogens is 1. The summed E-state index contributed by atoms with van der Waals surface area (Å²) in [4.78, 5) is 55.0. The predicted octanol–water partition coefficient (Wildman–Crippen LogP) is 2.66. The second-order valence-electron chi connectivity index (χ2n) is 8.44. The third kappa shape index (κ3) is 5.68. The first kappa shape index (κ1) is 27.5. The smallest absolute Gasteiger partial charge is 0.338 e. The van der Waals surface area contributed by atoms with Crippen molar-refractivity contribution in [2.24, 2.45) is 4.99 Å². The Hall–Kier alpha value is -4.51. The molecular formula is C28H26N2O8S. The van der Waals surface area contributed by atoms with E-state index >= 15 is 0 Å². The first-order chi connectivity index (χ1) is 18.6. The van der Waals surface area contributed by atoms with Crippen molar-refractivity contribution in [3.63, 3.8) is 0 Å². The van der Waals surface area contributed by atoms with Crippen molar-refractivity contribution in [1.29, 1.82) is 0 Å². The Morgan fingerprint density at radius 1 is 1.03 bits per heavy atom. The highest BCUT2D eigenvalue weighted by molar-refractivity contribution is 7.07. The van der Waals surface area contributed by atoms with Crippen LogP contribution in [0.25, 0.3) is 6.08 Å².